The third-order valence-corrected chi connectivity index (χ3v) is 4.68. The Morgan fingerprint density at radius 3 is 2.67 bits per heavy atom. The first kappa shape index (κ1) is 16.5. The Balaban J connectivity index is 1.89. The Hall–Kier alpha value is -0.910. The summed E-state index contributed by atoms with van der Waals surface area (Å²) in [6.45, 7) is 2.07. The summed E-state index contributed by atoms with van der Waals surface area (Å²) in [6.07, 6.45) is 6.30. The molecule has 0 aromatic carbocycles. The molecule has 118 valence electrons. The number of nitrogens with zero attached hydrogens (tertiary/aromatic N) is 2. The van der Waals surface area contributed by atoms with Gasteiger partial charge >= 0.3 is 0 Å². The zero-order valence-corrected chi connectivity index (χ0v) is 13.2. The Kier molecular flexibility index (Phi) is 6.21. The molecule has 0 saturated heterocycles. The number of nitrogens with one attached hydrogen (secondary N) is 1. The summed E-state index contributed by atoms with van der Waals surface area (Å²) < 4.78 is 0. The minimum absolute atomic E-state index is 0.0513. The second-order valence-corrected chi connectivity index (χ2v) is 6.05. The largest absolute Gasteiger partial charge is 0.396 e. The monoisotopic (exact) mass is 313 g/mol. The lowest BCUT2D eigenvalue weighted by molar-refractivity contribution is 0.0592. The fraction of sp³-hybridized carbons (Fsp3) is 0.733. The molecule has 2 rings (SSSR count). The molecule has 0 amide bonds. The molecule has 1 aliphatic rings. The van der Waals surface area contributed by atoms with Gasteiger partial charge in [0.05, 0.1) is 11.8 Å². The molecule has 0 aliphatic heterocycles. The predicted molar refractivity (Wildman–Crippen MR) is 83.5 cm³/mol. The van der Waals surface area contributed by atoms with Crippen molar-refractivity contribution >= 4 is 17.4 Å². The van der Waals surface area contributed by atoms with Crippen LogP contribution in [0.2, 0.25) is 5.02 Å². The zero-order chi connectivity index (χ0) is 15.2. The highest BCUT2D eigenvalue weighted by atomic mass is 35.5. The average Bonchev–Trinajstić information content (AvgIpc) is 2.50. The molecule has 0 bridgehead atoms. The van der Waals surface area contributed by atoms with E-state index in [4.69, 9.17) is 16.7 Å². The molecule has 5 nitrogen and oxygen atoms in total. The van der Waals surface area contributed by atoms with Crippen LogP contribution in [0.15, 0.2) is 6.33 Å². The molecule has 1 aromatic heterocycles. The summed E-state index contributed by atoms with van der Waals surface area (Å²) in [5.74, 6) is 1.00. The Bertz CT molecular complexity index is 451. The quantitative estimate of drug-likeness (QED) is 0.751. The number of anilines is 1. The fourth-order valence-electron chi connectivity index (χ4n) is 2.96. The molecule has 21 heavy (non-hydrogen) atoms. The minimum Gasteiger partial charge on any atom is -0.396 e. The van der Waals surface area contributed by atoms with Gasteiger partial charge in [0.25, 0.3) is 0 Å². The molecule has 1 atom stereocenters. The molecule has 1 aliphatic carbocycles. The maximum atomic E-state index is 9.94. The third-order valence-electron chi connectivity index (χ3n) is 4.28. The van der Waals surface area contributed by atoms with Crippen molar-refractivity contribution in [3.63, 3.8) is 0 Å². The van der Waals surface area contributed by atoms with Crippen LogP contribution in [0, 0.1) is 5.92 Å². The van der Waals surface area contributed by atoms with E-state index in [1.165, 1.54) is 0 Å². The van der Waals surface area contributed by atoms with Crippen molar-refractivity contribution in [3.05, 3.63) is 17.0 Å². The van der Waals surface area contributed by atoms with Gasteiger partial charge in [-0.25, -0.2) is 9.97 Å². The van der Waals surface area contributed by atoms with Gasteiger partial charge in [-0.1, -0.05) is 18.5 Å². The fourth-order valence-corrected chi connectivity index (χ4v) is 3.25. The van der Waals surface area contributed by atoms with E-state index in [9.17, 15) is 5.11 Å². The van der Waals surface area contributed by atoms with Crippen molar-refractivity contribution in [1.82, 2.24) is 9.97 Å². The zero-order valence-electron chi connectivity index (χ0n) is 12.4. The second-order valence-electron chi connectivity index (χ2n) is 5.67. The van der Waals surface area contributed by atoms with E-state index in [0.29, 0.717) is 29.2 Å². The number of aryl methyl sites for hydroxylation is 1. The number of aromatic nitrogens is 2. The molecular formula is C15H24ClN3O2. The van der Waals surface area contributed by atoms with Gasteiger partial charge in [-0.15, -0.1) is 0 Å². The van der Waals surface area contributed by atoms with Crippen molar-refractivity contribution < 1.29 is 10.2 Å². The van der Waals surface area contributed by atoms with E-state index in [1.807, 2.05) is 6.92 Å². The summed E-state index contributed by atoms with van der Waals surface area (Å²) in [6, 6.07) is 0.333. The first-order chi connectivity index (χ1) is 10.2. The highest BCUT2D eigenvalue weighted by Crippen LogP contribution is 2.31. The van der Waals surface area contributed by atoms with E-state index in [-0.39, 0.29) is 12.7 Å². The van der Waals surface area contributed by atoms with Crippen LogP contribution in [0.4, 0.5) is 5.82 Å². The number of hydrogen-bond donors (Lipinski definition) is 3. The lowest BCUT2D eigenvalue weighted by Crippen LogP contribution is -2.32. The van der Waals surface area contributed by atoms with E-state index in [1.54, 1.807) is 6.33 Å². The maximum Gasteiger partial charge on any atom is 0.148 e. The van der Waals surface area contributed by atoms with Crippen LogP contribution >= 0.6 is 11.6 Å². The summed E-state index contributed by atoms with van der Waals surface area (Å²) in [5.41, 5.74) is 0.862. The van der Waals surface area contributed by atoms with E-state index < -0.39 is 0 Å². The lowest BCUT2D eigenvalue weighted by Gasteiger charge is -2.32. The summed E-state index contributed by atoms with van der Waals surface area (Å²) in [5, 5.41) is 22.8. The van der Waals surface area contributed by atoms with Gasteiger partial charge in [0, 0.05) is 12.6 Å². The standard InChI is InChI=1S/C15H24ClN3O2/c1-2-12-14(16)15(18-9-17-12)19-11-5-3-10(4-6-11)13(21)7-8-20/h9-11,13,20-21H,2-8H2,1H3,(H,17,18,19). The number of hydrogen-bond acceptors (Lipinski definition) is 5. The molecule has 6 heteroatoms. The van der Waals surface area contributed by atoms with Gasteiger partial charge in [-0.2, -0.15) is 0 Å². The van der Waals surface area contributed by atoms with Crippen molar-refractivity contribution in [2.24, 2.45) is 5.92 Å². The molecule has 1 unspecified atom stereocenters. The smallest absolute Gasteiger partial charge is 0.148 e. The number of aliphatic hydroxyl groups is 2. The summed E-state index contributed by atoms with van der Waals surface area (Å²) >= 11 is 6.29. The van der Waals surface area contributed by atoms with E-state index >= 15 is 0 Å². The van der Waals surface area contributed by atoms with Crippen LogP contribution in [-0.2, 0) is 6.42 Å². The van der Waals surface area contributed by atoms with Crippen LogP contribution in [0.3, 0.4) is 0 Å². The van der Waals surface area contributed by atoms with Gasteiger partial charge in [0.1, 0.15) is 17.2 Å². The first-order valence-electron chi connectivity index (χ1n) is 7.70. The summed E-state index contributed by atoms with van der Waals surface area (Å²) in [4.78, 5) is 8.39. The molecule has 1 fully saturated rings. The van der Waals surface area contributed by atoms with E-state index in [2.05, 4.69) is 15.3 Å². The van der Waals surface area contributed by atoms with Gasteiger partial charge in [0.15, 0.2) is 0 Å². The predicted octanol–water partition coefficient (Wildman–Crippen LogP) is 2.41. The molecule has 1 saturated carbocycles. The number of halogens is 1. The van der Waals surface area contributed by atoms with Crippen LogP contribution in [0.1, 0.15) is 44.7 Å². The highest BCUT2D eigenvalue weighted by molar-refractivity contribution is 6.33. The summed E-state index contributed by atoms with van der Waals surface area (Å²) in [7, 11) is 0. The Morgan fingerprint density at radius 1 is 1.33 bits per heavy atom. The third kappa shape index (κ3) is 4.28. The highest BCUT2D eigenvalue weighted by Gasteiger charge is 2.26. The SMILES string of the molecule is CCc1ncnc(NC2CCC(C(O)CCO)CC2)c1Cl. The van der Waals surface area contributed by atoms with Gasteiger partial charge in [-0.3, -0.25) is 0 Å². The normalized spacial score (nSPS) is 23.8. The minimum atomic E-state index is -0.384. The molecule has 0 spiro atoms. The van der Waals surface area contributed by atoms with Crippen molar-refractivity contribution in [3.8, 4) is 0 Å². The van der Waals surface area contributed by atoms with Crippen LogP contribution in [0.5, 0.6) is 0 Å². The lowest BCUT2D eigenvalue weighted by atomic mass is 9.82. The number of rotatable bonds is 6. The van der Waals surface area contributed by atoms with Crippen LogP contribution in [0.25, 0.3) is 0 Å². The van der Waals surface area contributed by atoms with Crippen LogP contribution < -0.4 is 5.32 Å². The van der Waals surface area contributed by atoms with Crippen molar-refractivity contribution in [2.75, 3.05) is 11.9 Å². The Morgan fingerprint density at radius 2 is 2.05 bits per heavy atom. The van der Waals surface area contributed by atoms with Crippen LogP contribution in [-0.4, -0.2) is 38.9 Å². The molecule has 1 aromatic rings. The van der Waals surface area contributed by atoms with Gasteiger partial charge in [-0.05, 0) is 44.4 Å². The molecule has 3 N–H and O–H groups in total. The molecule has 0 radical (unpaired) electrons. The molecular weight excluding hydrogens is 290 g/mol. The van der Waals surface area contributed by atoms with Crippen molar-refractivity contribution in [1.29, 1.82) is 0 Å². The van der Waals surface area contributed by atoms with Gasteiger partial charge < -0.3 is 15.5 Å². The second kappa shape index (κ2) is 7.92. The topological polar surface area (TPSA) is 78.3 Å². The Labute approximate surface area is 130 Å². The average molecular weight is 314 g/mol. The maximum absolute atomic E-state index is 9.94. The first-order valence-corrected chi connectivity index (χ1v) is 8.08. The number of aliphatic hydroxyl groups excluding tert-OH is 2. The van der Waals surface area contributed by atoms with Crippen molar-refractivity contribution in [2.45, 2.75) is 57.6 Å². The van der Waals surface area contributed by atoms with Gasteiger partial charge in [0.2, 0.25) is 0 Å². The van der Waals surface area contributed by atoms with E-state index in [0.717, 1.165) is 37.8 Å². The molecule has 1 heterocycles.